The summed E-state index contributed by atoms with van der Waals surface area (Å²) in [5.74, 6) is -0.0868. The van der Waals surface area contributed by atoms with Crippen molar-refractivity contribution in [3.05, 3.63) is 29.8 Å². The first-order valence-electron chi connectivity index (χ1n) is 9.11. The Morgan fingerprint density at radius 2 is 2.04 bits per heavy atom. The normalized spacial score (nSPS) is 24.9. The lowest BCUT2D eigenvalue weighted by atomic mass is 9.98. The van der Waals surface area contributed by atoms with E-state index in [0.717, 1.165) is 36.9 Å². The number of rotatable bonds is 6. The zero-order chi connectivity index (χ0) is 16.8. The van der Waals surface area contributed by atoms with Gasteiger partial charge in [0.25, 0.3) is 5.91 Å². The number of carbonyl (C=O) groups is 1. The number of nitrogens with one attached hydrogen (secondary N) is 1. The Hall–Kier alpha value is -1.43. The van der Waals surface area contributed by atoms with Crippen LogP contribution in [0.5, 0.6) is 0 Å². The van der Waals surface area contributed by atoms with Crippen LogP contribution in [-0.4, -0.2) is 30.8 Å². The van der Waals surface area contributed by atoms with Crippen LogP contribution in [0.15, 0.2) is 24.3 Å². The summed E-state index contributed by atoms with van der Waals surface area (Å²) in [5.41, 5.74) is 7.48. The predicted molar refractivity (Wildman–Crippen MR) is 93.7 cm³/mol. The highest BCUT2D eigenvalue weighted by atomic mass is 16.5. The summed E-state index contributed by atoms with van der Waals surface area (Å²) in [6, 6.07) is 7.87. The zero-order valence-corrected chi connectivity index (χ0v) is 14.2. The molecular formula is C19H28N2O3. The Kier molecular flexibility index (Phi) is 6.24. The van der Waals surface area contributed by atoms with Gasteiger partial charge in [0.15, 0.2) is 0 Å². The topological polar surface area (TPSA) is 73.6 Å². The molecule has 1 aromatic carbocycles. The highest BCUT2D eigenvalue weighted by Crippen LogP contribution is 2.23. The maximum absolute atomic E-state index is 12.3. The van der Waals surface area contributed by atoms with Gasteiger partial charge < -0.3 is 20.5 Å². The van der Waals surface area contributed by atoms with E-state index in [4.69, 9.17) is 15.2 Å². The fourth-order valence-electron chi connectivity index (χ4n) is 3.48. The van der Waals surface area contributed by atoms with Crippen molar-refractivity contribution in [3.63, 3.8) is 0 Å². The van der Waals surface area contributed by atoms with E-state index in [9.17, 15) is 4.79 Å². The van der Waals surface area contributed by atoms with Crippen molar-refractivity contribution in [1.29, 1.82) is 0 Å². The van der Waals surface area contributed by atoms with Crippen LogP contribution in [0.4, 0.5) is 5.69 Å². The standard InChI is InChI=1S/C19H28N2O3/c20-12-17-9-10-18(24-17)19(22)21-15-6-4-5-14(11-15)13-23-16-7-2-1-3-8-16/h4-6,11,16-18H,1-3,7-10,12-13,20H2,(H,21,22)/t17-,18+/m1/s1. The van der Waals surface area contributed by atoms with E-state index in [1.807, 2.05) is 24.3 Å². The lowest BCUT2D eigenvalue weighted by Crippen LogP contribution is -2.29. The van der Waals surface area contributed by atoms with E-state index in [2.05, 4.69) is 5.32 Å². The van der Waals surface area contributed by atoms with E-state index in [-0.39, 0.29) is 18.1 Å². The van der Waals surface area contributed by atoms with Gasteiger partial charge in [-0.2, -0.15) is 0 Å². The van der Waals surface area contributed by atoms with Crippen LogP contribution in [0, 0.1) is 0 Å². The molecule has 1 aromatic rings. The number of ether oxygens (including phenoxy) is 2. The van der Waals surface area contributed by atoms with Crippen molar-refractivity contribution in [1.82, 2.24) is 0 Å². The monoisotopic (exact) mass is 332 g/mol. The number of carbonyl (C=O) groups excluding carboxylic acids is 1. The van der Waals surface area contributed by atoms with Crippen molar-refractivity contribution in [3.8, 4) is 0 Å². The lowest BCUT2D eigenvalue weighted by molar-refractivity contribution is -0.126. The van der Waals surface area contributed by atoms with Crippen molar-refractivity contribution < 1.29 is 14.3 Å². The molecular weight excluding hydrogens is 304 g/mol. The minimum absolute atomic E-state index is 0.0102. The maximum atomic E-state index is 12.3. The molecule has 0 radical (unpaired) electrons. The minimum Gasteiger partial charge on any atom is -0.374 e. The number of nitrogens with two attached hydrogens (primary N) is 1. The van der Waals surface area contributed by atoms with Gasteiger partial charge in [-0.3, -0.25) is 4.79 Å². The van der Waals surface area contributed by atoms with Gasteiger partial charge in [0.05, 0.1) is 18.8 Å². The lowest BCUT2D eigenvalue weighted by Gasteiger charge is -2.22. The molecule has 24 heavy (non-hydrogen) atoms. The van der Waals surface area contributed by atoms with Crippen LogP contribution >= 0.6 is 0 Å². The molecule has 5 heteroatoms. The summed E-state index contributed by atoms with van der Waals surface area (Å²) in [4.78, 5) is 12.3. The second-order valence-electron chi connectivity index (χ2n) is 6.82. The molecule has 0 unspecified atom stereocenters. The van der Waals surface area contributed by atoms with Crippen LogP contribution in [0.1, 0.15) is 50.5 Å². The highest BCUT2D eigenvalue weighted by molar-refractivity contribution is 5.94. The molecule has 0 bridgehead atoms. The quantitative estimate of drug-likeness (QED) is 0.840. The van der Waals surface area contributed by atoms with E-state index in [0.29, 0.717) is 19.3 Å². The second-order valence-corrected chi connectivity index (χ2v) is 6.82. The molecule has 2 atom stereocenters. The van der Waals surface area contributed by atoms with E-state index >= 15 is 0 Å². The molecule has 0 aromatic heterocycles. The first-order valence-corrected chi connectivity index (χ1v) is 9.11. The number of hydrogen-bond donors (Lipinski definition) is 2. The van der Waals surface area contributed by atoms with Crippen molar-refractivity contribution in [2.24, 2.45) is 5.73 Å². The number of amides is 1. The van der Waals surface area contributed by atoms with E-state index in [1.165, 1.54) is 19.3 Å². The Morgan fingerprint density at radius 3 is 2.79 bits per heavy atom. The second kappa shape index (κ2) is 8.60. The van der Waals surface area contributed by atoms with E-state index in [1.54, 1.807) is 0 Å². The fourth-order valence-corrected chi connectivity index (χ4v) is 3.48. The largest absolute Gasteiger partial charge is 0.374 e. The average molecular weight is 332 g/mol. The molecule has 1 aliphatic carbocycles. The van der Waals surface area contributed by atoms with Crippen LogP contribution in [0.2, 0.25) is 0 Å². The van der Waals surface area contributed by atoms with Gasteiger partial charge in [-0.05, 0) is 43.4 Å². The number of benzene rings is 1. The molecule has 1 saturated heterocycles. The first kappa shape index (κ1) is 17.4. The molecule has 2 fully saturated rings. The van der Waals surface area contributed by atoms with Gasteiger partial charge >= 0.3 is 0 Å². The van der Waals surface area contributed by atoms with Crippen molar-refractivity contribution in [2.45, 2.75) is 69.9 Å². The Bertz CT molecular complexity index is 543. The minimum atomic E-state index is -0.388. The van der Waals surface area contributed by atoms with Gasteiger partial charge in [0.1, 0.15) is 6.10 Å². The van der Waals surface area contributed by atoms with Gasteiger partial charge in [0.2, 0.25) is 0 Å². The maximum Gasteiger partial charge on any atom is 0.253 e. The van der Waals surface area contributed by atoms with Crippen molar-refractivity contribution >= 4 is 11.6 Å². The van der Waals surface area contributed by atoms with Crippen LogP contribution in [0.3, 0.4) is 0 Å². The molecule has 2 aliphatic rings. The molecule has 1 heterocycles. The molecule has 5 nitrogen and oxygen atoms in total. The predicted octanol–water partition coefficient (Wildman–Crippen LogP) is 2.98. The molecule has 1 aliphatic heterocycles. The molecule has 3 rings (SSSR count). The fraction of sp³-hybridized carbons (Fsp3) is 0.632. The van der Waals surface area contributed by atoms with Crippen LogP contribution < -0.4 is 11.1 Å². The summed E-state index contributed by atoms with van der Waals surface area (Å²) in [6.07, 6.45) is 7.79. The van der Waals surface area contributed by atoms with Crippen molar-refractivity contribution in [2.75, 3.05) is 11.9 Å². The summed E-state index contributed by atoms with van der Waals surface area (Å²) in [5, 5.41) is 2.95. The Morgan fingerprint density at radius 1 is 1.21 bits per heavy atom. The third-order valence-corrected chi connectivity index (χ3v) is 4.90. The van der Waals surface area contributed by atoms with Crippen LogP contribution in [0.25, 0.3) is 0 Å². The Balaban J connectivity index is 1.50. The molecule has 132 valence electrons. The third-order valence-electron chi connectivity index (χ3n) is 4.90. The van der Waals surface area contributed by atoms with Gasteiger partial charge in [-0.1, -0.05) is 31.4 Å². The zero-order valence-electron chi connectivity index (χ0n) is 14.2. The third kappa shape index (κ3) is 4.79. The van der Waals surface area contributed by atoms with Gasteiger partial charge in [0, 0.05) is 12.2 Å². The first-order chi connectivity index (χ1) is 11.7. The molecule has 0 spiro atoms. The molecule has 1 amide bonds. The number of hydrogen-bond acceptors (Lipinski definition) is 4. The summed E-state index contributed by atoms with van der Waals surface area (Å²) in [6.45, 7) is 1.07. The van der Waals surface area contributed by atoms with E-state index < -0.39 is 0 Å². The number of anilines is 1. The summed E-state index contributed by atoms with van der Waals surface area (Å²) < 4.78 is 11.6. The smallest absolute Gasteiger partial charge is 0.253 e. The molecule has 3 N–H and O–H groups in total. The Labute approximate surface area is 143 Å². The highest BCUT2D eigenvalue weighted by Gasteiger charge is 2.29. The SMILES string of the molecule is NC[C@H]1CC[C@@H](C(=O)Nc2cccc(COC3CCCCC3)c2)O1. The summed E-state index contributed by atoms with van der Waals surface area (Å²) >= 11 is 0. The van der Waals surface area contributed by atoms with Gasteiger partial charge in [-0.25, -0.2) is 0 Å². The average Bonchev–Trinajstić information content (AvgIpc) is 3.11. The van der Waals surface area contributed by atoms with Crippen LogP contribution in [-0.2, 0) is 20.9 Å². The summed E-state index contributed by atoms with van der Waals surface area (Å²) in [7, 11) is 0. The molecule has 1 saturated carbocycles. The van der Waals surface area contributed by atoms with Gasteiger partial charge in [-0.15, -0.1) is 0 Å².